The normalized spacial score (nSPS) is 26.6. The van der Waals surface area contributed by atoms with Gasteiger partial charge in [0.25, 0.3) is 0 Å². The van der Waals surface area contributed by atoms with Crippen LogP contribution < -0.4 is 10.5 Å². The second kappa shape index (κ2) is 7.96. The number of benzene rings is 2. The molecule has 0 amide bonds. The zero-order chi connectivity index (χ0) is 21.5. The van der Waals surface area contributed by atoms with Gasteiger partial charge < -0.3 is 15.6 Å². The first kappa shape index (κ1) is 21.3. The third kappa shape index (κ3) is 3.99. The number of rotatable bonds is 4. The molecule has 2 aromatic carbocycles. The van der Waals surface area contributed by atoms with E-state index in [2.05, 4.69) is 12.1 Å². The molecule has 0 saturated carbocycles. The molecule has 0 bridgehead atoms. The molecular formula is C23H30N2O4S. The quantitative estimate of drug-likeness (QED) is 0.778. The van der Waals surface area contributed by atoms with Crippen LogP contribution in [0, 0.1) is 5.92 Å². The van der Waals surface area contributed by atoms with Crippen LogP contribution in [-0.2, 0) is 16.4 Å². The molecule has 0 aromatic heterocycles. The smallest absolute Gasteiger partial charge is 0.243 e. The van der Waals surface area contributed by atoms with Crippen molar-refractivity contribution in [3.63, 3.8) is 0 Å². The van der Waals surface area contributed by atoms with Crippen molar-refractivity contribution >= 4 is 10.0 Å². The summed E-state index contributed by atoms with van der Waals surface area (Å²) in [6.07, 6.45) is 1.81. The Bertz CT molecular complexity index is 1010. The molecule has 0 radical (unpaired) electrons. The van der Waals surface area contributed by atoms with Gasteiger partial charge in [0.15, 0.2) is 0 Å². The fourth-order valence-corrected chi connectivity index (χ4v) is 6.09. The van der Waals surface area contributed by atoms with Crippen molar-refractivity contribution in [1.29, 1.82) is 0 Å². The first-order chi connectivity index (χ1) is 14.2. The molecule has 1 unspecified atom stereocenters. The average Bonchev–Trinajstić information content (AvgIpc) is 2.73. The van der Waals surface area contributed by atoms with E-state index in [1.807, 2.05) is 18.2 Å². The van der Waals surface area contributed by atoms with E-state index in [1.165, 1.54) is 5.56 Å². The molecule has 30 heavy (non-hydrogen) atoms. The van der Waals surface area contributed by atoms with Gasteiger partial charge in [0.2, 0.25) is 10.0 Å². The van der Waals surface area contributed by atoms with E-state index in [0.29, 0.717) is 30.3 Å². The maximum atomic E-state index is 13.4. The van der Waals surface area contributed by atoms with Gasteiger partial charge in [-0.15, -0.1) is 0 Å². The first-order valence-corrected chi connectivity index (χ1v) is 11.9. The van der Waals surface area contributed by atoms with E-state index in [0.717, 1.165) is 19.3 Å². The molecule has 4 rings (SSSR count). The van der Waals surface area contributed by atoms with Crippen molar-refractivity contribution in [2.75, 3.05) is 13.1 Å². The van der Waals surface area contributed by atoms with Gasteiger partial charge in [-0.25, -0.2) is 8.42 Å². The van der Waals surface area contributed by atoms with Crippen molar-refractivity contribution in [3.8, 4) is 5.75 Å². The van der Waals surface area contributed by atoms with E-state index in [1.54, 1.807) is 36.4 Å². The number of nitrogens with two attached hydrogens (primary N) is 1. The largest absolute Gasteiger partial charge is 0.485 e. The Hall–Kier alpha value is -1.93. The Balaban J connectivity index is 1.56. The SMILES string of the molecule is CC1(C)Oc2ccc(S(=O)(=O)N3CCCC(Cc4ccccc4)C3)cc2[C@@H](N)[C@@H]1O. The van der Waals surface area contributed by atoms with Crippen molar-refractivity contribution in [2.45, 2.75) is 55.8 Å². The van der Waals surface area contributed by atoms with Gasteiger partial charge >= 0.3 is 0 Å². The molecule has 0 aliphatic carbocycles. The predicted molar refractivity (Wildman–Crippen MR) is 116 cm³/mol. The van der Waals surface area contributed by atoms with Gasteiger partial charge in [0, 0.05) is 18.7 Å². The Morgan fingerprint density at radius 3 is 2.67 bits per heavy atom. The first-order valence-electron chi connectivity index (χ1n) is 10.5. The molecule has 2 aromatic rings. The Morgan fingerprint density at radius 1 is 1.20 bits per heavy atom. The van der Waals surface area contributed by atoms with Crippen LogP contribution in [-0.4, -0.2) is 42.6 Å². The van der Waals surface area contributed by atoms with Gasteiger partial charge in [-0.05, 0) is 62.8 Å². The Labute approximate surface area is 178 Å². The van der Waals surface area contributed by atoms with E-state index in [-0.39, 0.29) is 4.90 Å². The van der Waals surface area contributed by atoms with Gasteiger partial charge in [-0.1, -0.05) is 30.3 Å². The number of aliphatic hydroxyl groups excluding tert-OH is 1. The summed E-state index contributed by atoms with van der Waals surface area (Å²) >= 11 is 0. The standard InChI is InChI=1S/C23H30N2O4S/c1-23(2)22(26)21(24)19-14-18(10-11-20(19)29-23)30(27,28)25-12-6-9-17(15-25)13-16-7-4-3-5-8-16/h3-5,7-8,10-11,14,17,21-22,26H,6,9,12-13,15,24H2,1-2H3/t17?,21-,22+/m1/s1. The van der Waals surface area contributed by atoms with Crippen LogP contribution >= 0.6 is 0 Å². The summed E-state index contributed by atoms with van der Waals surface area (Å²) in [6.45, 7) is 4.56. The number of fused-ring (bicyclic) bond motifs is 1. The number of ether oxygens (including phenoxy) is 1. The highest BCUT2D eigenvalue weighted by atomic mass is 32.2. The summed E-state index contributed by atoms with van der Waals surface area (Å²) in [6, 6.07) is 14.3. The van der Waals surface area contributed by atoms with Crippen molar-refractivity contribution in [2.24, 2.45) is 11.7 Å². The minimum atomic E-state index is -3.65. The molecule has 0 spiro atoms. The van der Waals surface area contributed by atoms with Gasteiger partial charge in [-0.3, -0.25) is 0 Å². The summed E-state index contributed by atoms with van der Waals surface area (Å²) in [5.41, 5.74) is 7.16. The number of hydrogen-bond donors (Lipinski definition) is 2. The van der Waals surface area contributed by atoms with E-state index < -0.39 is 27.8 Å². The second-order valence-corrected chi connectivity index (χ2v) is 10.9. The molecule has 2 aliphatic rings. The third-order valence-electron chi connectivity index (χ3n) is 6.25. The number of aliphatic hydroxyl groups is 1. The molecule has 1 fully saturated rings. The maximum Gasteiger partial charge on any atom is 0.243 e. The lowest BCUT2D eigenvalue weighted by molar-refractivity contribution is -0.0572. The van der Waals surface area contributed by atoms with Crippen molar-refractivity contribution in [1.82, 2.24) is 4.31 Å². The van der Waals surface area contributed by atoms with Crippen LogP contribution in [0.3, 0.4) is 0 Å². The zero-order valence-corrected chi connectivity index (χ0v) is 18.3. The molecular weight excluding hydrogens is 400 g/mol. The molecule has 6 nitrogen and oxygen atoms in total. The number of nitrogens with zero attached hydrogens (tertiary/aromatic N) is 1. The van der Waals surface area contributed by atoms with E-state index >= 15 is 0 Å². The minimum absolute atomic E-state index is 0.201. The lowest BCUT2D eigenvalue weighted by atomic mass is 9.87. The Kier molecular flexibility index (Phi) is 5.66. The minimum Gasteiger partial charge on any atom is -0.485 e. The molecule has 162 valence electrons. The van der Waals surface area contributed by atoms with E-state index in [9.17, 15) is 13.5 Å². The lowest BCUT2D eigenvalue weighted by Gasteiger charge is -2.41. The Morgan fingerprint density at radius 2 is 1.93 bits per heavy atom. The fourth-order valence-electron chi connectivity index (χ4n) is 4.49. The zero-order valence-electron chi connectivity index (χ0n) is 17.5. The second-order valence-electron chi connectivity index (χ2n) is 8.94. The van der Waals surface area contributed by atoms with Crippen molar-refractivity contribution < 1.29 is 18.3 Å². The highest BCUT2D eigenvalue weighted by Crippen LogP contribution is 2.40. The lowest BCUT2D eigenvalue weighted by Crippen LogP contribution is -2.51. The van der Waals surface area contributed by atoms with Gasteiger partial charge in [0.05, 0.1) is 10.9 Å². The van der Waals surface area contributed by atoms with Crippen molar-refractivity contribution in [3.05, 3.63) is 59.7 Å². The highest BCUT2D eigenvalue weighted by molar-refractivity contribution is 7.89. The summed E-state index contributed by atoms with van der Waals surface area (Å²) in [5, 5.41) is 10.5. The summed E-state index contributed by atoms with van der Waals surface area (Å²) in [4.78, 5) is 0.201. The third-order valence-corrected chi connectivity index (χ3v) is 8.11. The molecule has 3 N–H and O–H groups in total. The highest BCUT2D eigenvalue weighted by Gasteiger charge is 2.42. The summed E-state index contributed by atoms with van der Waals surface area (Å²) in [7, 11) is -3.65. The van der Waals surface area contributed by atoms with Crippen LogP contribution in [0.5, 0.6) is 5.75 Å². The van der Waals surface area contributed by atoms with Crippen LogP contribution in [0.25, 0.3) is 0 Å². The predicted octanol–water partition coefficient (Wildman–Crippen LogP) is 2.86. The maximum absolute atomic E-state index is 13.4. The summed E-state index contributed by atoms with van der Waals surface area (Å²) < 4.78 is 34.2. The van der Waals surface area contributed by atoms with Crippen LogP contribution in [0.15, 0.2) is 53.4 Å². The number of piperidine rings is 1. The van der Waals surface area contributed by atoms with Crippen LogP contribution in [0.4, 0.5) is 0 Å². The molecule has 3 atom stereocenters. The molecule has 1 saturated heterocycles. The fraction of sp³-hybridized carbons (Fsp3) is 0.478. The topological polar surface area (TPSA) is 92.9 Å². The molecule has 7 heteroatoms. The number of sulfonamides is 1. The van der Waals surface area contributed by atoms with Gasteiger partial charge in [-0.2, -0.15) is 4.31 Å². The van der Waals surface area contributed by atoms with E-state index in [4.69, 9.17) is 10.5 Å². The summed E-state index contributed by atoms with van der Waals surface area (Å²) in [5.74, 6) is 0.819. The number of hydrogen-bond acceptors (Lipinski definition) is 5. The van der Waals surface area contributed by atoms with Crippen LogP contribution in [0.1, 0.15) is 43.9 Å². The molecule has 2 heterocycles. The monoisotopic (exact) mass is 430 g/mol. The molecule has 2 aliphatic heterocycles. The van der Waals surface area contributed by atoms with Crippen LogP contribution in [0.2, 0.25) is 0 Å². The van der Waals surface area contributed by atoms with Gasteiger partial charge in [0.1, 0.15) is 17.5 Å². The average molecular weight is 431 g/mol.